The first-order valence-corrected chi connectivity index (χ1v) is 9.31. The molecule has 3 rings (SSSR count). The van der Waals surface area contributed by atoms with Crippen molar-refractivity contribution in [3.05, 3.63) is 83.7 Å². The van der Waals surface area contributed by atoms with Gasteiger partial charge in [-0.25, -0.2) is 0 Å². The van der Waals surface area contributed by atoms with Crippen LogP contribution in [0.25, 0.3) is 0 Å². The zero-order valence-corrected chi connectivity index (χ0v) is 16.5. The molecule has 144 valence electrons. The predicted molar refractivity (Wildman–Crippen MR) is 113 cm³/mol. The zero-order valence-electron chi connectivity index (χ0n) is 16.5. The molecular formula is C23H25N3O2. The van der Waals surface area contributed by atoms with E-state index in [0.717, 1.165) is 24.3 Å². The fraction of sp³-hybridized carbons (Fsp3) is 0.217. The first kappa shape index (κ1) is 19.4. The number of hydrogen-bond donors (Lipinski definition) is 1. The summed E-state index contributed by atoms with van der Waals surface area (Å²) in [7, 11) is 1.59. The summed E-state index contributed by atoms with van der Waals surface area (Å²) in [6.45, 7) is 5.66. The van der Waals surface area contributed by atoms with E-state index in [9.17, 15) is 4.79 Å². The Morgan fingerprint density at radius 3 is 2.61 bits per heavy atom. The Morgan fingerprint density at radius 2 is 1.89 bits per heavy atom. The molecule has 0 fully saturated rings. The van der Waals surface area contributed by atoms with Gasteiger partial charge in [-0.2, -0.15) is 0 Å². The van der Waals surface area contributed by atoms with Crippen LogP contribution in [0.15, 0.2) is 66.9 Å². The minimum atomic E-state index is -0.262. The minimum Gasteiger partial charge on any atom is -0.495 e. The number of aryl methyl sites for hydroxylation is 1. The van der Waals surface area contributed by atoms with Crippen molar-refractivity contribution in [2.24, 2.45) is 0 Å². The highest BCUT2D eigenvalue weighted by Crippen LogP contribution is 2.26. The van der Waals surface area contributed by atoms with Crippen molar-refractivity contribution < 1.29 is 9.53 Å². The summed E-state index contributed by atoms with van der Waals surface area (Å²) in [5.41, 5.74) is 4.22. The van der Waals surface area contributed by atoms with Crippen molar-refractivity contribution in [1.29, 1.82) is 0 Å². The number of aromatic nitrogens is 1. The van der Waals surface area contributed by atoms with E-state index in [2.05, 4.69) is 34.3 Å². The molecule has 1 N–H and O–H groups in total. The van der Waals surface area contributed by atoms with E-state index in [1.54, 1.807) is 13.3 Å². The van der Waals surface area contributed by atoms with Crippen molar-refractivity contribution in [3.63, 3.8) is 0 Å². The zero-order chi connectivity index (χ0) is 19.9. The normalized spacial score (nSPS) is 10.4. The van der Waals surface area contributed by atoms with Gasteiger partial charge in [-0.15, -0.1) is 0 Å². The average molecular weight is 375 g/mol. The Hall–Kier alpha value is -3.34. The molecule has 0 saturated carbocycles. The molecule has 1 heterocycles. The van der Waals surface area contributed by atoms with Gasteiger partial charge in [0.2, 0.25) is 0 Å². The second-order valence-corrected chi connectivity index (χ2v) is 6.56. The van der Waals surface area contributed by atoms with Crippen LogP contribution in [-0.2, 0) is 6.54 Å². The van der Waals surface area contributed by atoms with Gasteiger partial charge in [0.05, 0.1) is 12.8 Å². The van der Waals surface area contributed by atoms with Gasteiger partial charge in [0, 0.05) is 25.0 Å². The summed E-state index contributed by atoms with van der Waals surface area (Å²) in [5, 5.41) is 2.91. The van der Waals surface area contributed by atoms with Crippen LogP contribution in [0.5, 0.6) is 5.75 Å². The highest BCUT2D eigenvalue weighted by Gasteiger charge is 2.14. The molecule has 0 aliphatic heterocycles. The van der Waals surface area contributed by atoms with Gasteiger partial charge in [0.1, 0.15) is 11.4 Å². The quantitative estimate of drug-likeness (QED) is 0.652. The number of amides is 1. The third-order valence-corrected chi connectivity index (χ3v) is 4.54. The second kappa shape index (κ2) is 9.04. The van der Waals surface area contributed by atoms with Gasteiger partial charge in [-0.3, -0.25) is 9.78 Å². The lowest BCUT2D eigenvalue weighted by Gasteiger charge is -2.23. The number of methoxy groups -OCH3 is 1. The molecule has 0 bridgehead atoms. The van der Waals surface area contributed by atoms with E-state index in [1.165, 1.54) is 5.56 Å². The number of pyridine rings is 1. The summed E-state index contributed by atoms with van der Waals surface area (Å²) in [5.74, 6) is 0.357. The third kappa shape index (κ3) is 4.68. The van der Waals surface area contributed by atoms with Crippen LogP contribution < -0.4 is 15.0 Å². The number of carbonyl (C=O) groups excluding carboxylic acids is 1. The summed E-state index contributed by atoms with van der Waals surface area (Å²) in [4.78, 5) is 19.2. The lowest BCUT2D eigenvalue weighted by molar-refractivity contribution is 0.102. The van der Waals surface area contributed by atoms with Gasteiger partial charge >= 0.3 is 0 Å². The number of benzene rings is 2. The van der Waals surface area contributed by atoms with Crippen LogP contribution in [0.1, 0.15) is 28.5 Å². The van der Waals surface area contributed by atoms with Gasteiger partial charge in [-0.05, 0) is 49.2 Å². The number of nitrogens with one attached hydrogen (secondary N) is 1. The lowest BCUT2D eigenvalue weighted by atomic mass is 10.2. The average Bonchev–Trinajstić information content (AvgIpc) is 2.73. The van der Waals surface area contributed by atoms with Crippen LogP contribution in [0.3, 0.4) is 0 Å². The number of carbonyl (C=O) groups is 1. The van der Waals surface area contributed by atoms with Gasteiger partial charge < -0.3 is 15.0 Å². The van der Waals surface area contributed by atoms with E-state index in [4.69, 9.17) is 4.74 Å². The summed E-state index contributed by atoms with van der Waals surface area (Å²) in [6, 6.07) is 19.7. The monoisotopic (exact) mass is 375 g/mol. The van der Waals surface area contributed by atoms with E-state index in [0.29, 0.717) is 17.1 Å². The molecule has 1 amide bonds. The topological polar surface area (TPSA) is 54.5 Å². The Balaban J connectivity index is 1.80. The molecule has 2 aromatic carbocycles. The minimum absolute atomic E-state index is 0.262. The van der Waals surface area contributed by atoms with E-state index in [1.807, 2.05) is 55.5 Å². The first-order valence-electron chi connectivity index (χ1n) is 9.31. The smallest absolute Gasteiger partial charge is 0.274 e. The van der Waals surface area contributed by atoms with Gasteiger partial charge in [0.15, 0.2) is 0 Å². The Labute approximate surface area is 166 Å². The molecular weight excluding hydrogens is 350 g/mol. The van der Waals surface area contributed by atoms with E-state index in [-0.39, 0.29) is 5.91 Å². The molecule has 0 aliphatic rings. The number of hydrogen-bond acceptors (Lipinski definition) is 4. The van der Waals surface area contributed by atoms with Crippen LogP contribution in [0.4, 0.5) is 11.4 Å². The Kier molecular flexibility index (Phi) is 6.27. The number of nitrogens with zero attached hydrogens (tertiary/aromatic N) is 2. The molecule has 0 saturated heterocycles. The fourth-order valence-electron chi connectivity index (χ4n) is 3.04. The van der Waals surface area contributed by atoms with Crippen molar-refractivity contribution >= 4 is 17.3 Å². The van der Waals surface area contributed by atoms with E-state index < -0.39 is 0 Å². The van der Waals surface area contributed by atoms with Gasteiger partial charge in [-0.1, -0.05) is 36.4 Å². The SMILES string of the molecule is CCN(Cc1ccccc1)c1ccnc(C(=O)Nc2cc(C)ccc2OC)c1. The molecule has 5 heteroatoms. The molecule has 3 aromatic rings. The highest BCUT2D eigenvalue weighted by molar-refractivity contribution is 6.04. The van der Waals surface area contributed by atoms with Crippen LogP contribution in [0.2, 0.25) is 0 Å². The number of rotatable bonds is 7. The van der Waals surface area contributed by atoms with Crippen molar-refractivity contribution in [1.82, 2.24) is 4.98 Å². The predicted octanol–water partition coefficient (Wildman–Crippen LogP) is 4.68. The van der Waals surface area contributed by atoms with Crippen molar-refractivity contribution in [2.45, 2.75) is 20.4 Å². The maximum Gasteiger partial charge on any atom is 0.274 e. The highest BCUT2D eigenvalue weighted by atomic mass is 16.5. The fourth-order valence-corrected chi connectivity index (χ4v) is 3.04. The van der Waals surface area contributed by atoms with Crippen molar-refractivity contribution in [3.8, 4) is 5.75 Å². The number of ether oxygens (including phenoxy) is 1. The van der Waals surface area contributed by atoms with Gasteiger partial charge in [0.25, 0.3) is 5.91 Å². The molecule has 0 unspecified atom stereocenters. The van der Waals surface area contributed by atoms with Crippen molar-refractivity contribution in [2.75, 3.05) is 23.9 Å². The molecule has 5 nitrogen and oxygen atoms in total. The summed E-state index contributed by atoms with van der Waals surface area (Å²) < 4.78 is 5.34. The Bertz CT molecular complexity index is 942. The van der Waals surface area contributed by atoms with Crippen LogP contribution >= 0.6 is 0 Å². The van der Waals surface area contributed by atoms with E-state index >= 15 is 0 Å². The molecule has 1 aromatic heterocycles. The van der Waals surface area contributed by atoms with Crippen LogP contribution in [0, 0.1) is 6.92 Å². The molecule has 0 spiro atoms. The standard InChI is InChI=1S/C23H25N3O2/c1-4-26(16-18-8-6-5-7-9-18)19-12-13-24-21(15-19)23(27)25-20-14-17(2)10-11-22(20)28-3/h5-15H,4,16H2,1-3H3,(H,25,27). The summed E-state index contributed by atoms with van der Waals surface area (Å²) >= 11 is 0. The largest absolute Gasteiger partial charge is 0.495 e. The molecule has 28 heavy (non-hydrogen) atoms. The second-order valence-electron chi connectivity index (χ2n) is 6.56. The third-order valence-electron chi connectivity index (χ3n) is 4.54. The van der Waals surface area contributed by atoms with Crippen LogP contribution in [-0.4, -0.2) is 24.5 Å². The number of anilines is 2. The maximum atomic E-state index is 12.8. The Morgan fingerprint density at radius 1 is 1.11 bits per heavy atom. The lowest BCUT2D eigenvalue weighted by Crippen LogP contribution is -2.23. The molecule has 0 radical (unpaired) electrons. The molecule has 0 atom stereocenters. The molecule has 0 aliphatic carbocycles. The first-order chi connectivity index (χ1) is 13.6. The summed E-state index contributed by atoms with van der Waals surface area (Å²) in [6.07, 6.45) is 1.67. The maximum absolute atomic E-state index is 12.8.